The molecule has 1 heterocycles. The summed E-state index contributed by atoms with van der Waals surface area (Å²) in [5.74, 6) is 0.640. The van der Waals surface area contributed by atoms with E-state index in [1.54, 1.807) is 7.11 Å². The molecule has 0 saturated heterocycles. The number of nitrogens with two attached hydrogens (primary N) is 1. The maximum absolute atomic E-state index is 5.94. The van der Waals surface area contributed by atoms with Crippen LogP contribution in [0, 0.1) is 0 Å². The summed E-state index contributed by atoms with van der Waals surface area (Å²) in [4.78, 5) is 6.68. The van der Waals surface area contributed by atoms with Gasteiger partial charge in [0, 0.05) is 30.9 Å². The number of hydrogen-bond acceptors (Lipinski definition) is 4. The molecular weight excluding hydrogens is 226 g/mol. The number of likely N-dealkylation sites (N-methyl/N-ethyl adjacent to an activating group) is 1. The molecule has 2 atom stereocenters. The molecule has 0 aliphatic heterocycles. The molecule has 0 radical (unpaired) electrons. The molecule has 4 nitrogen and oxygen atoms in total. The van der Waals surface area contributed by atoms with Gasteiger partial charge in [0.2, 0.25) is 5.88 Å². The van der Waals surface area contributed by atoms with Crippen molar-refractivity contribution >= 4 is 0 Å². The summed E-state index contributed by atoms with van der Waals surface area (Å²) in [6.07, 6.45) is 2.98. The number of nitrogens with zero attached hydrogens (tertiary/aromatic N) is 2. The molecule has 0 saturated carbocycles. The molecule has 4 heteroatoms. The maximum atomic E-state index is 5.94. The Hall–Kier alpha value is -1.13. The Kier molecular flexibility index (Phi) is 6.09. The minimum atomic E-state index is 0.225. The molecule has 0 aromatic carbocycles. The molecule has 102 valence electrons. The summed E-state index contributed by atoms with van der Waals surface area (Å²) in [5, 5.41) is 0. The highest BCUT2D eigenvalue weighted by molar-refractivity contribution is 5.21. The van der Waals surface area contributed by atoms with Gasteiger partial charge in [-0.2, -0.15) is 0 Å². The van der Waals surface area contributed by atoms with E-state index in [4.69, 9.17) is 10.5 Å². The SMILES string of the molecule is CCC(C)N(CC)C(CN)c1ccc(OC)nc1. The van der Waals surface area contributed by atoms with Gasteiger partial charge in [0.05, 0.1) is 7.11 Å². The van der Waals surface area contributed by atoms with Crippen LogP contribution in [-0.2, 0) is 0 Å². The third kappa shape index (κ3) is 3.43. The highest BCUT2D eigenvalue weighted by atomic mass is 16.5. The van der Waals surface area contributed by atoms with Crippen molar-refractivity contribution in [1.82, 2.24) is 9.88 Å². The number of hydrogen-bond donors (Lipinski definition) is 1. The molecule has 0 bridgehead atoms. The van der Waals surface area contributed by atoms with Crippen LogP contribution in [0.15, 0.2) is 18.3 Å². The Bertz CT molecular complexity index is 339. The normalized spacial score (nSPS) is 14.6. The highest BCUT2D eigenvalue weighted by Crippen LogP contribution is 2.23. The lowest BCUT2D eigenvalue weighted by atomic mass is 10.0. The molecule has 1 aromatic rings. The fourth-order valence-electron chi connectivity index (χ4n) is 2.25. The smallest absolute Gasteiger partial charge is 0.212 e. The quantitative estimate of drug-likeness (QED) is 0.807. The third-order valence-electron chi connectivity index (χ3n) is 3.50. The second-order valence-corrected chi connectivity index (χ2v) is 4.47. The van der Waals surface area contributed by atoms with Gasteiger partial charge in [0.25, 0.3) is 0 Å². The minimum absolute atomic E-state index is 0.225. The van der Waals surface area contributed by atoms with Crippen molar-refractivity contribution in [3.05, 3.63) is 23.9 Å². The van der Waals surface area contributed by atoms with Gasteiger partial charge < -0.3 is 10.5 Å². The van der Waals surface area contributed by atoms with Gasteiger partial charge in [-0.05, 0) is 25.5 Å². The van der Waals surface area contributed by atoms with E-state index in [1.807, 2.05) is 12.3 Å². The molecule has 1 aromatic heterocycles. The van der Waals surface area contributed by atoms with Crippen LogP contribution in [0.3, 0.4) is 0 Å². The first-order chi connectivity index (χ1) is 8.67. The predicted octanol–water partition coefficient (Wildman–Crippen LogP) is 2.21. The van der Waals surface area contributed by atoms with Crippen LogP contribution < -0.4 is 10.5 Å². The summed E-state index contributed by atoms with van der Waals surface area (Å²) in [5.41, 5.74) is 7.10. The topological polar surface area (TPSA) is 51.4 Å². The van der Waals surface area contributed by atoms with Crippen LogP contribution in [0.25, 0.3) is 0 Å². The van der Waals surface area contributed by atoms with E-state index in [2.05, 4.69) is 36.7 Å². The van der Waals surface area contributed by atoms with Crippen molar-refractivity contribution in [2.45, 2.75) is 39.3 Å². The molecular formula is C14H25N3O. The summed E-state index contributed by atoms with van der Waals surface area (Å²) >= 11 is 0. The second-order valence-electron chi connectivity index (χ2n) is 4.47. The van der Waals surface area contributed by atoms with Crippen molar-refractivity contribution in [1.29, 1.82) is 0 Å². The van der Waals surface area contributed by atoms with Crippen LogP contribution in [0.5, 0.6) is 5.88 Å². The van der Waals surface area contributed by atoms with Crippen LogP contribution >= 0.6 is 0 Å². The standard InChI is InChI=1S/C14H25N3O/c1-5-11(3)17(6-2)13(9-15)12-7-8-14(18-4)16-10-12/h7-8,10-11,13H,5-6,9,15H2,1-4H3. The van der Waals surface area contributed by atoms with Crippen LogP contribution in [-0.4, -0.2) is 36.1 Å². The lowest BCUT2D eigenvalue weighted by Gasteiger charge is -2.34. The molecule has 2 unspecified atom stereocenters. The minimum Gasteiger partial charge on any atom is -0.481 e. The Morgan fingerprint density at radius 2 is 2.11 bits per heavy atom. The molecule has 0 aliphatic carbocycles. The molecule has 0 fully saturated rings. The van der Waals surface area contributed by atoms with Crippen LogP contribution in [0.4, 0.5) is 0 Å². The van der Waals surface area contributed by atoms with E-state index >= 15 is 0 Å². The Labute approximate surface area is 110 Å². The zero-order chi connectivity index (χ0) is 13.5. The van der Waals surface area contributed by atoms with Gasteiger partial charge in [-0.1, -0.05) is 19.9 Å². The first-order valence-corrected chi connectivity index (χ1v) is 6.63. The summed E-state index contributed by atoms with van der Waals surface area (Å²) < 4.78 is 5.08. The van der Waals surface area contributed by atoms with Gasteiger partial charge in [-0.25, -0.2) is 4.98 Å². The van der Waals surface area contributed by atoms with Gasteiger partial charge in [-0.15, -0.1) is 0 Å². The lowest BCUT2D eigenvalue weighted by molar-refractivity contribution is 0.151. The highest BCUT2D eigenvalue weighted by Gasteiger charge is 2.21. The van der Waals surface area contributed by atoms with E-state index in [9.17, 15) is 0 Å². The fourth-order valence-corrected chi connectivity index (χ4v) is 2.25. The van der Waals surface area contributed by atoms with E-state index < -0.39 is 0 Å². The van der Waals surface area contributed by atoms with Gasteiger partial charge >= 0.3 is 0 Å². The van der Waals surface area contributed by atoms with Crippen LogP contribution in [0.1, 0.15) is 38.8 Å². The van der Waals surface area contributed by atoms with Gasteiger partial charge in [0.15, 0.2) is 0 Å². The first-order valence-electron chi connectivity index (χ1n) is 6.63. The van der Waals surface area contributed by atoms with E-state index in [-0.39, 0.29) is 6.04 Å². The summed E-state index contributed by atoms with van der Waals surface area (Å²) in [6.45, 7) is 8.21. The van der Waals surface area contributed by atoms with Crippen LogP contribution in [0.2, 0.25) is 0 Å². The average Bonchev–Trinajstić information content (AvgIpc) is 2.44. The molecule has 0 aliphatic rings. The largest absolute Gasteiger partial charge is 0.481 e. The molecule has 0 amide bonds. The Morgan fingerprint density at radius 3 is 2.50 bits per heavy atom. The number of pyridine rings is 1. The Balaban J connectivity index is 2.92. The predicted molar refractivity (Wildman–Crippen MR) is 74.7 cm³/mol. The van der Waals surface area contributed by atoms with Crippen molar-refractivity contribution in [3.8, 4) is 5.88 Å². The molecule has 0 spiro atoms. The summed E-state index contributed by atoms with van der Waals surface area (Å²) in [6, 6.07) is 4.69. The number of rotatable bonds is 7. The van der Waals surface area contributed by atoms with Gasteiger partial charge in [-0.3, -0.25) is 4.90 Å². The van der Waals surface area contributed by atoms with E-state index in [0.717, 1.165) is 18.5 Å². The molecule has 18 heavy (non-hydrogen) atoms. The molecule has 2 N–H and O–H groups in total. The van der Waals surface area contributed by atoms with Crippen molar-refractivity contribution in [2.75, 3.05) is 20.2 Å². The monoisotopic (exact) mass is 251 g/mol. The second kappa shape index (κ2) is 7.34. The average molecular weight is 251 g/mol. The van der Waals surface area contributed by atoms with E-state index in [0.29, 0.717) is 18.5 Å². The van der Waals surface area contributed by atoms with Crippen molar-refractivity contribution in [3.63, 3.8) is 0 Å². The van der Waals surface area contributed by atoms with Crippen molar-refractivity contribution < 1.29 is 4.74 Å². The zero-order valence-electron chi connectivity index (χ0n) is 11.9. The van der Waals surface area contributed by atoms with Gasteiger partial charge in [0.1, 0.15) is 0 Å². The summed E-state index contributed by atoms with van der Waals surface area (Å²) in [7, 11) is 1.62. The number of aromatic nitrogens is 1. The zero-order valence-corrected chi connectivity index (χ0v) is 11.9. The fraction of sp³-hybridized carbons (Fsp3) is 0.643. The molecule has 1 rings (SSSR count). The van der Waals surface area contributed by atoms with E-state index in [1.165, 1.54) is 0 Å². The van der Waals surface area contributed by atoms with Crippen molar-refractivity contribution in [2.24, 2.45) is 5.73 Å². The third-order valence-corrected chi connectivity index (χ3v) is 3.50. The number of methoxy groups -OCH3 is 1. The maximum Gasteiger partial charge on any atom is 0.212 e. The lowest BCUT2D eigenvalue weighted by Crippen LogP contribution is -2.39. The first kappa shape index (κ1) is 14.9. The number of ether oxygens (including phenoxy) is 1. The Morgan fingerprint density at radius 1 is 1.39 bits per heavy atom.